The van der Waals surface area contributed by atoms with Gasteiger partial charge in [-0.3, -0.25) is 4.99 Å². The predicted octanol–water partition coefficient (Wildman–Crippen LogP) is 3.30. The maximum Gasteiger partial charge on any atom is 0.191 e. The molecule has 7 nitrogen and oxygen atoms in total. The quantitative estimate of drug-likeness (QED) is 0.296. The second-order valence-corrected chi connectivity index (χ2v) is 6.75. The van der Waals surface area contributed by atoms with Crippen molar-refractivity contribution >= 4 is 29.9 Å². The number of hydrogen-bond acceptors (Lipinski definition) is 5. The smallest absolute Gasteiger partial charge is 0.191 e. The van der Waals surface area contributed by atoms with Crippen molar-refractivity contribution in [2.45, 2.75) is 12.6 Å². The molecule has 30 heavy (non-hydrogen) atoms. The molecule has 0 bridgehead atoms. The summed E-state index contributed by atoms with van der Waals surface area (Å²) in [6.07, 6.45) is 0. The van der Waals surface area contributed by atoms with E-state index in [1.165, 1.54) is 5.56 Å². The molecule has 0 amide bonds. The molecule has 0 aliphatic rings. The number of nitrogens with one attached hydrogen (secondary N) is 2. The van der Waals surface area contributed by atoms with Crippen LogP contribution < -0.4 is 24.8 Å². The highest BCUT2D eigenvalue weighted by atomic mass is 127. The summed E-state index contributed by atoms with van der Waals surface area (Å²) < 4.78 is 15.9. The number of guanidine groups is 1. The largest absolute Gasteiger partial charge is 0.497 e. The van der Waals surface area contributed by atoms with Gasteiger partial charge < -0.3 is 29.7 Å². The number of likely N-dealkylation sites (N-methyl/N-ethyl adjacent to an activating group) is 1. The van der Waals surface area contributed by atoms with Crippen molar-refractivity contribution in [3.63, 3.8) is 0 Å². The van der Waals surface area contributed by atoms with Crippen LogP contribution in [0.15, 0.2) is 47.5 Å². The van der Waals surface area contributed by atoms with Crippen molar-refractivity contribution in [2.24, 2.45) is 4.99 Å². The van der Waals surface area contributed by atoms with Crippen LogP contribution in [-0.2, 0) is 6.54 Å². The molecule has 0 aromatic heterocycles. The monoisotopic (exact) mass is 528 g/mol. The first kappa shape index (κ1) is 25.8. The van der Waals surface area contributed by atoms with Crippen LogP contribution in [0.5, 0.6) is 17.2 Å². The van der Waals surface area contributed by atoms with E-state index in [1.54, 1.807) is 28.4 Å². The van der Waals surface area contributed by atoms with Crippen LogP contribution in [0, 0.1) is 0 Å². The van der Waals surface area contributed by atoms with Crippen molar-refractivity contribution < 1.29 is 14.2 Å². The molecular weight excluding hydrogens is 495 g/mol. The van der Waals surface area contributed by atoms with Crippen LogP contribution in [0.2, 0.25) is 0 Å². The Morgan fingerprint density at radius 3 is 2.13 bits per heavy atom. The van der Waals surface area contributed by atoms with Gasteiger partial charge in [0.05, 0.1) is 27.4 Å². The molecule has 1 unspecified atom stereocenters. The van der Waals surface area contributed by atoms with Crippen LogP contribution in [0.1, 0.15) is 17.2 Å². The molecule has 2 N–H and O–H groups in total. The van der Waals surface area contributed by atoms with Crippen molar-refractivity contribution in [1.29, 1.82) is 0 Å². The van der Waals surface area contributed by atoms with Gasteiger partial charge >= 0.3 is 0 Å². The summed E-state index contributed by atoms with van der Waals surface area (Å²) in [5.74, 6) is 3.01. The van der Waals surface area contributed by atoms with Crippen LogP contribution in [0.3, 0.4) is 0 Å². The van der Waals surface area contributed by atoms with Gasteiger partial charge in [-0.15, -0.1) is 24.0 Å². The Morgan fingerprint density at radius 1 is 0.933 bits per heavy atom. The standard InChI is InChI=1S/C22H32N4O3.HI/c1-23-22(24-14-16-7-12-20(28-5)21(13-16)29-6)25-15-19(26(2)3)17-8-10-18(27-4)11-9-17;/h7-13,19H,14-15H2,1-6H3,(H2,23,24,25);1H. The van der Waals surface area contributed by atoms with E-state index in [2.05, 4.69) is 46.8 Å². The summed E-state index contributed by atoms with van der Waals surface area (Å²) >= 11 is 0. The van der Waals surface area contributed by atoms with Gasteiger partial charge in [0, 0.05) is 20.1 Å². The number of nitrogens with zero attached hydrogens (tertiary/aromatic N) is 2. The van der Waals surface area contributed by atoms with Crippen LogP contribution in [-0.4, -0.2) is 59.9 Å². The third-order valence-corrected chi connectivity index (χ3v) is 4.72. The lowest BCUT2D eigenvalue weighted by atomic mass is 10.1. The van der Waals surface area contributed by atoms with Crippen molar-refractivity contribution in [3.05, 3.63) is 53.6 Å². The van der Waals surface area contributed by atoms with E-state index in [9.17, 15) is 0 Å². The van der Waals surface area contributed by atoms with Gasteiger partial charge in [-0.2, -0.15) is 0 Å². The minimum Gasteiger partial charge on any atom is -0.497 e. The maximum absolute atomic E-state index is 5.37. The molecule has 0 aliphatic heterocycles. The predicted molar refractivity (Wildman–Crippen MR) is 133 cm³/mol. The Bertz CT molecular complexity index is 797. The van der Waals surface area contributed by atoms with Crippen molar-refractivity contribution in [1.82, 2.24) is 15.5 Å². The molecule has 0 saturated carbocycles. The Kier molecular flexibility index (Phi) is 11.3. The van der Waals surface area contributed by atoms with E-state index in [-0.39, 0.29) is 30.0 Å². The second kappa shape index (κ2) is 13.2. The van der Waals surface area contributed by atoms with Gasteiger partial charge in [0.15, 0.2) is 17.5 Å². The molecule has 8 heteroatoms. The molecule has 0 heterocycles. The SMILES string of the molecule is CN=C(NCc1ccc(OC)c(OC)c1)NCC(c1ccc(OC)cc1)N(C)C.I. The number of ether oxygens (including phenoxy) is 3. The third kappa shape index (κ3) is 7.24. The molecule has 2 rings (SSSR count). The highest BCUT2D eigenvalue weighted by molar-refractivity contribution is 14.0. The summed E-state index contributed by atoms with van der Waals surface area (Å²) in [7, 11) is 10.8. The molecule has 166 valence electrons. The summed E-state index contributed by atoms with van der Waals surface area (Å²) in [4.78, 5) is 6.51. The number of methoxy groups -OCH3 is 3. The fourth-order valence-electron chi connectivity index (χ4n) is 3.01. The van der Waals surface area contributed by atoms with Gasteiger partial charge in [-0.25, -0.2) is 0 Å². The normalized spacial score (nSPS) is 12.0. The topological polar surface area (TPSA) is 67.4 Å². The van der Waals surface area contributed by atoms with Gasteiger partial charge in [0.2, 0.25) is 0 Å². The molecule has 1 atom stereocenters. The summed E-state index contributed by atoms with van der Waals surface area (Å²) in [6.45, 7) is 1.33. The molecule has 0 radical (unpaired) electrons. The molecule has 0 spiro atoms. The lowest BCUT2D eigenvalue weighted by Crippen LogP contribution is -2.41. The van der Waals surface area contributed by atoms with E-state index in [0.29, 0.717) is 24.6 Å². The second-order valence-electron chi connectivity index (χ2n) is 6.75. The van der Waals surface area contributed by atoms with Gasteiger partial charge in [0.1, 0.15) is 5.75 Å². The van der Waals surface area contributed by atoms with Crippen LogP contribution in [0.4, 0.5) is 0 Å². The van der Waals surface area contributed by atoms with Crippen LogP contribution >= 0.6 is 24.0 Å². The highest BCUT2D eigenvalue weighted by Gasteiger charge is 2.15. The molecule has 0 saturated heterocycles. The van der Waals surface area contributed by atoms with Crippen molar-refractivity contribution in [3.8, 4) is 17.2 Å². The Hall–Kier alpha value is -2.20. The van der Waals surface area contributed by atoms with E-state index in [0.717, 1.165) is 17.3 Å². The number of rotatable bonds is 9. The number of hydrogen-bond donors (Lipinski definition) is 2. The third-order valence-electron chi connectivity index (χ3n) is 4.72. The molecular formula is C22H33IN4O3. The average Bonchev–Trinajstić information content (AvgIpc) is 2.75. The lowest BCUT2D eigenvalue weighted by molar-refractivity contribution is 0.298. The summed E-state index contributed by atoms with van der Waals surface area (Å²) in [5, 5.41) is 6.75. The van der Waals surface area contributed by atoms with E-state index >= 15 is 0 Å². The first-order chi connectivity index (χ1) is 14.0. The maximum atomic E-state index is 5.37. The van der Waals surface area contributed by atoms with Gasteiger partial charge in [-0.1, -0.05) is 18.2 Å². The molecule has 2 aromatic rings. The zero-order valence-electron chi connectivity index (χ0n) is 18.6. The fraction of sp³-hybridized carbons (Fsp3) is 0.409. The Labute approximate surface area is 196 Å². The van der Waals surface area contributed by atoms with E-state index < -0.39 is 0 Å². The number of halogens is 1. The van der Waals surface area contributed by atoms with Crippen LogP contribution in [0.25, 0.3) is 0 Å². The van der Waals surface area contributed by atoms with Gasteiger partial charge in [0.25, 0.3) is 0 Å². The molecule has 0 aliphatic carbocycles. The minimum absolute atomic E-state index is 0. The Morgan fingerprint density at radius 2 is 1.60 bits per heavy atom. The zero-order valence-corrected chi connectivity index (χ0v) is 20.9. The lowest BCUT2D eigenvalue weighted by Gasteiger charge is -2.26. The number of benzene rings is 2. The average molecular weight is 528 g/mol. The zero-order chi connectivity index (χ0) is 21.2. The van der Waals surface area contributed by atoms with E-state index in [1.807, 2.05) is 30.3 Å². The first-order valence-corrected chi connectivity index (χ1v) is 9.48. The summed E-state index contributed by atoms with van der Waals surface area (Å²) in [5.41, 5.74) is 2.28. The Balaban J connectivity index is 0.00000450. The first-order valence-electron chi connectivity index (χ1n) is 9.48. The molecule has 2 aromatic carbocycles. The molecule has 0 fully saturated rings. The van der Waals surface area contributed by atoms with E-state index in [4.69, 9.17) is 14.2 Å². The minimum atomic E-state index is 0. The summed E-state index contributed by atoms with van der Waals surface area (Å²) in [6, 6.07) is 14.2. The fourth-order valence-corrected chi connectivity index (χ4v) is 3.01. The van der Waals surface area contributed by atoms with Crippen molar-refractivity contribution in [2.75, 3.05) is 49.0 Å². The highest BCUT2D eigenvalue weighted by Crippen LogP contribution is 2.27. The van der Waals surface area contributed by atoms with Gasteiger partial charge in [-0.05, 0) is 49.5 Å². The number of aliphatic imine (C=N–C) groups is 1.